The maximum absolute atomic E-state index is 12.1. The first-order chi connectivity index (χ1) is 10.6. The number of ether oxygens (including phenoxy) is 2. The Morgan fingerprint density at radius 3 is 2.43 bits per heavy atom. The normalized spacial score (nSPS) is 18.0. The molecule has 1 atom stereocenters. The molecule has 0 spiro atoms. The lowest BCUT2D eigenvalue weighted by Crippen LogP contribution is -2.45. The SMILES string of the molecule is CC(C)(C)OC(=O)[C@@H]1CCCN1C(=O)COC(=O)C=CC(=O)O. The summed E-state index contributed by atoms with van der Waals surface area (Å²) in [7, 11) is 0. The molecule has 0 bridgehead atoms. The molecule has 0 aromatic heterocycles. The van der Waals surface area contributed by atoms with Crippen LogP contribution in [0.3, 0.4) is 0 Å². The second kappa shape index (κ2) is 7.75. The van der Waals surface area contributed by atoms with Crippen molar-refractivity contribution in [2.45, 2.75) is 45.3 Å². The van der Waals surface area contributed by atoms with Crippen LogP contribution < -0.4 is 0 Å². The van der Waals surface area contributed by atoms with E-state index in [1.807, 2.05) is 0 Å². The van der Waals surface area contributed by atoms with Crippen molar-refractivity contribution in [1.82, 2.24) is 4.90 Å². The average molecular weight is 327 g/mol. The Morgan fingerprint density at radius 2 is 1.87 bits per heavy atom. The van der Waals surface area contributed by atoms with Crippen molar-refractivity contribution >= 4 is 23.8 Å². The number of nitrogens with zero attached hydrogens (tertiary/aromatic N) is 1. The van der Waals surface area contributed by atoms with Crippen LogP contribution in [0.25, 0.3) is 0 Å². The molecule has 128 valence electrons. The number of carbonyl (C=O) groups is 4. The van der Waals surface area contributed by atoms with Crippen molar-refractivity contribution in [3.05, 3.63) is 12.2 Å². The predicted octanol–water partition coefficient (Wildman–Crippen LogP) is 0.503. The summed E-state index contributed by atoms with van der Waals surface area (Å²) in [5, 5.41) is 8.38. The van der Waals surface area contributed by atoms with Gasteiger partial charge in [0.25, 0.3) is 5.91 Å². The first-order valence-electron chi connectivity index (χ1n) is 7.20. The number of likely N-dealkylation sites (tertiary alicyclic amines) is 1. The number of hydrogen-bond acceptors (Lipinski definition) is 6. The van der Waals surface area contributed by atoms with Crippen LogP contribution in [0.4, 0.5) is 0 Å². The number of hydrogen-bond donors (Lipinski definition) is 1. The molecule has 0 unspecified atom stereocenters. The van der Waals surface area contributed by atoms with E-state index < -0.39 is 42.1 Å². The van der Waals surface area contributed by atoms with Crippen molar-refractivity contribution < 1.29 is 33.8 Å². The van der Waals surface area contributed by atoms with Gasteiger partial charge in [0.15, 0.2) is 6.61 Å². The zero-order valence-electron chi connectivity index (χ0n) is 13.4. The van der Waals surface area contributed by atoms with Gasteiger partial charge in [-0.1, -0.05) is 0 Å². The van der Waals surface area contributed by atoms with Crippen LogP contribution in [0.15, 0.2) is 12.2 Å². The highest BCUT2D eigenvalue weighted by atomic mass is 16.6. The Morgan fingerprint density at radius 1 is 1.22 bits per heavy atom. The number of carboxylic acids is 1. The summed E-state index contributed by atoms with van der Waals surface area (Å²) in [5.41, 5.74) is -0.650. The standard InChI is InChI=1S/C15H21NO7/c1-15(2,3)23-14(21)10-5-4-8-16(10)11(17)9-22-13(20)7-6-12(18)19/h6-7,10H,4-5,8-9H2,1-3H3,(H,18,19)/t10-/m0/s1. The molecule has 8 heteroatoms. The molecule has 1 N–H and O–H groups in total. The van der Waals surface area contributed by atoms with Gasteiger partial charge < -0.3 is 19.5 Å². The number of aliphatic carboxylic acids is 1. The Kier molecular flexibility index (Phi) is 6.29. The van der Waals surface area contributed by atoms with E-state index in [9.17, 15) is 19.2 Å². The van der Waals surface area contributed by atoms with E-state index in [0.29, 0.717) is 31.5 Å². The first-order valence-corrected chi connectivity index (χ1v) is 7.20. The van der Waals surface area contributed by atoms with Crippen LogP contribution in [0.5, 0.6) is 0 Å². The second-order valence-corrected chi connectivity index (χ2v) is 6.06. The van der Waals surface area contributed by atoms with Crippen LogP contribution in [0, 0.1) is 0 Å². The second-order valence-electron chi connectivity index (χ2n) is 6.06. The maximum atomic E-state index is 12.1. The van der Waals surface area contributed by atoms with Gasteiger partial charge in [-0.3, -0.25) is 4.79 Å². The molecule has 1 aliphatic heterocycles. The van der Waals surface area contributed by atoms with Crippen LogP contribution in [0.2, 0.25) is 0 Å². The third-order valence-electron chi connectivity index (χ3n) is 2.95. The summed E-state index contributed by atoms with van der Waals surface area (Å²) < 4.78 is 9.94. The average Bonchev–Trinajstić information content (AvgIpc) is 2.90. The molecule has 0 radical (unpaired) electrons. The van der Waals surface area contributed by atoms with Gasteiger partial charge in [-0.05, 0) is 33.6 Å². The number of amides is 1. The lowest BCUT2D eigenvalue weighted by Gasteiger charge is -2.27. The molecule has 0 aromatic carbocycles. The van der Waals surface area contributed by atoms with Gasteiger partial charge in [-0.2, -0.15) is 0 Å². The van der Waals surface area contributed by atoms with Crippen LogP contribution in [-0.2, 0) is 28.7 Å². The molecular weight excluding hydrogens is 306 g/mol. The van der Waals surface area contributed by atoms with Gasteiger partial charge >= 0.3 is 17.9 Å². The summed E-state index contributed by atoms with van der Waals surface area (Å²) in [6, 6.07) is -0.685. The lowest BCUT2D eigenvalue weighted by molar-refractivity contribution is -0.164. The van der Waals surface area contributed by atoms with Crippen LogP contribution in [-0.4, -0.2) is 58.6 Å². The van der Waals surface area contributed by atoms with Crippen molar-refractivity contribution in [3.63, 3.8) is 0 Å². The Hall–Kier alpha value is -2.38. The Bertz CT molecular complexity index is 518. The zero-order chi connectivity index (χ0) is 17.6. The van der Waals surface area contributed by atoms with Crippen LogP contribution in [0.1, 0.15) is 33.6 Å². The van der Waals surface area contributed by atoms with E-state index in [1.54, 1.807) is 20.8 Å². The van der Waals surface area contributed by atoms with E-state index in [2.05, 4.69) is 4.74 Å². The fourth-order valence-corrected chi connectivity index (χ4v) is 2.08. The Balaban J connectivity index is 2.56. The summed E-state index contributed by atoms with van der Waals surface area (Å²) in [6.45, 7) is 5.04. The van der Waals surface area contributed by atoms with Gasteiger partial charge in [0.2, 0.25) is 0 Å². The largest absolute Gasteiger partial charge is 0.478 e. The number of carbonyl (C=O) groups excluding carboxylic acids is 3. The van der Waals surface area contributed by atoms with E-state index >= 15 is 0 Å². The van der Waals surface area contributed by atoms with Crippen molar-refractivity contribution in [2.75, 3.05) is 13.2 Å². The van der Waals surface area contributed by atoms with Crippen molar-refractivity contribution in [1.29, 1.82) is 0 Å². The smallest absolute Gasteiger partial charge is 0.331 e. The topological polar surface area (TPSA) is 110 Å². The van der Waals surface area contributed by atoms with E-state index in [-0.39, 0.29) is 0 Å². The monoisotopic (exact) mass is 327 g/mol. The predicted molar refractivity (Wildman–Crippen MR) is 78.3 cm³/mol. The minimum atomic E-state index is -1.29. The molecule has 1 rings (SSSR count). The first kappa shape index (κ1) is 18.7. The summed E-state index contributed by atoms with van der Waals surface area (Å²) >= 11 is 0. The van der Waals surface area contributed by atoms with Crippen molar-refractivity contribution in [2.24, 2.45) is 0 Å². The minimum absolute atomic E-state index is 0.380. The van der Waals surface area contributed by atoms with Crippen LogP contribution >= 0.6 is 0 Å². The molecule has 0 aliphatic carbocycles. The minimum Gasteiger partial charge on any atom is -0.478 e. The highest BCUT2D eigenvalue weighted by Gasteiger charge is 2.37. The molecular formula is C15H21NO7. The molecule has 23 heavy (non-hydrogen) atoms. The third-order valence-corrected chi connectivity index (χ3v) is 2.95. The Labute approximate surface area is 134 Å². The fraction of sp³-hybridized carbons (Fsp3) is 0.600. The van der Waals surface area contributed by atoms with Gasteiger partial charge in [0, 0.05) is 18.7 Å². The van der Waals surface area contributed by atoms with Crippen molar-refractivity contribution in [3.8, 4) is 0 Å². The summed E-state index contributed by atoms with van der Waals surface area (Å²) in [5.74, 6) is -3.23. The highest BCUT2D eigenvalue weighted by molar-refractivity contribution is 5.92. The summed E-state index contributed by atoms with van der Waals surface area (Å²) in [4.78, 5) is 47.0. The zero-order valence-corrected chi connectivity index (χ0v) is 13.4. The molecule has 0 saturated carbocycles. The fourth-order valence-electron chi connectivity index (χ4n) is 2.08. The van der Waals surface area contributed by atoms with Gasteiger partial charge in [0.1, 0.15) is 11.6 Å². The molecule has 8 nitrogen and oxygen atoms in total. The quantitative estimate of drug-likeness (QED) is 0.578. The van der Waals surface area contributed by atoms with E-state index in [4.69, 9.17) is 9.84 Å². The molecule has 1 heterocycles. The molecule has 0 aromatic rings. The number of esters is 2. The number of carboxylic acid groups (broad SMARTS) is 1. The summed E-state index contributed by atoms with van der Waals surface area (Å²) in [6.07, 6.45) is 2.48. The lowest BCUT2D eigenvalue weighted by atomic mass is 10.1. The molecule has 1 fully saturated rings. The third kappa shape index (κ3) is 6.50. The molecule has 1 amide bonds. The number of rotatable bonds is 5. The van der Waals surface area contributed by atoms with E-state index in [1.165, 1.54) is 4.90 Å². The maximum Gasteiger partial charge on any atom is 0.331 e. The van der Waals surface area contributed by atoms with E-state index in [0.717, 1.165) is 0 Å². The highest BCUT2D eigenvalue weighted by Crippen LogP contribution is 2.21. The van der Waals surface area contributed by atoms with Gasteiger partial charge in [0.05, 0.1) is 0 Å². The van der Waals surface area contributed by atoms with Gasteiger partial charge in [-0.25, -0.2) is 14.4 Å². The molecule has 1 saturated heterocycles. The van der Waals surface area contributed by atoms with Gasteiger partial charge in [-0.15, -0.1) is 0 Å². The molecule has 1 aliphatic rings.